The van der Waals surface area contributed by atoms with Gasteiger partial charge in [-0.1, -0.05) is 0 Å². The van der Waals surface area contributed by atoms with Crippen LogP contribution >= 0.6 is 11.3 Å². The zero-order valence-corrected chi connectivity index (χ0v) is 10.3. The highest BCUT2D eigenvalue weighted by Gasteiger charge is 2.16. The summed E-state index contributed by atoms with van der Waals surface area (Å²) in [5.41, 5.74) is 1.70. The summed E-state index contributed by atoms with van der Waals surface area (Å²) in [5, 5.41) is 14.3. The van der Waals surface area contributed by atoms with Crippen LogP contribution in [0.15, 0.2) is 30.6 Å². The molecule has 5 nitrogen and oxygen atoms in total. The number of hydrogen-bond donors (Lipinski definition) is 1. The van der Waals surface area contributed by atoms with Gasteiger partial charge in [0.05, 0.1) is 11.4 Å². The lowest BCUT2D eigenvalue weighted by atomic mass is 10.3. The molecule has 0 aliphatic heterocycles. The molecular weight excluding hydrogens is 250 g/mol. The number of aryl methyl sites for hydroxylation is 1. The van der Waals surface area contributed by atoms with E-state index in [2.05, 4.69) is 10.1 Å². The minimum Gasteiger partial charge on any atom is -0.477 e. The lowest BCUT2D eigenvalue weighted by Crippen LogP contribution is -1.96. The van der Waals surface area contributed by atoms with Gasteiger partial charge in [0.2, 0.25) is 0 Å². The van der Waals surface area contributed by atoms with Crippen molar-refractivity contribution in [3.63, 3.8) is 0 Å². The van der Waals surface area contributed by atoms with Crippen molar-refractivity contribution >= 4 is 27.5 Å². The van der Waals surface area contributed by atoms with Crippen LogP contribution in [0, 0.1) is 6.92 Å². The van der Waals surface area contributed by atoms with Crippen molar-refractivity contribution in [1.29, 1.82) is 0 Å². The first-order chi connectivity index (χ1) is 8.66. The second-order valence-electron chi connectivity index (χ2n) is 3.84. The Bertz CT molecular complexity index is 730. The van der Waals surface area contributed by atoms with E-state index in [-0.39, 0.29) is 0 Å². The van der Waals surface area contributed by atoms with Crippen molar-refractivity contribution in [3.05, 3.63) is 41.2 Å². The maximum atomic E-state index is 11.0. The Morgan fingerprint density at radius 1 is 1.39 bits per heavy atom. The lowest BCUT2D eigenvalue weighted by molar-refractivity contribution is 0.0702. The monoisotopic (exact) mass is 259 g/mol. The Kier molecular flexibility index (Phi) is 2.38. The molecule has 3 rings (SSSR count). The lowest BCUT2D eigenvalue weighted by Gasteiger charge is -2.00. The minimum atomic E-state index is -0.906. The molecule has 0 atom stereocenters. The third-order valence-corrected chi connectivity index (χ3v) is 3.76. The predicted octanol–water partition coefficient (Wildman–Crippen LogP) is 2.49. The molecule has 1 N–H and O–H groups in total. The first-order valence-corrected chi connectivity index (χ1v) is 6.11. The summed E-state index contributed by atoms with van der Waals surface area (Å²) in [6.45, 7) is 1.87. The molecular formula is C12H9N3O2S. The smallest absolute Gasteiger partial charge is 0.345 e. The van der Waals surface area contributed by atoms with Crippen LogP contribution < -0.4 is 0 Å². The molecule has 0 saturated heterocycles. The number of aromatic nitrogens is 3. The molecule has 0 aromatic carbocycles. The number of nitrogens with zero attached hydrogens (tertiary/aromatic N) is 3. The highest BCUT2D eigenvalue weighted by atomic mass is 32.1. The van der Waals surface area contributed by atoms with E-state index in [1.165, 1.54) is 11.3 Å². The Morgan fingerprint density at radius 3 is 2.78 bits per heavy atom. The fraction of sp³-hybridized carbons (Fsp3) is 0.0833. The molecule has 0 spiro atoms. The topological polar surface area (TPSA) is 68.0 Å². The number of pyridine rings is 1. The maximum absolute atomic E-state index is 11.0. The number of carboxylic acids is 1. The van der Waals surface area contributed by atoms with E-state index in [0.717, 1.165) is 21.6 Å². The zero-order chi connectivity index (χ0) is 12.7. The minimum absolute atomic E-state index is 0.327. The third kappa shape index (κ3) is 1.58. The van der Waals surface area contributed by atoms with Gasteiger partial charge < -0.3 is 5.11 Å². The van der Waals surface area contributed by atoms with Crippen LogP contribution in [0.25, 0.3) is 15.9 Å². The van der Waals surface area contributed by atoms with Crippen LogP contribution in [0.4, 0.5) is 0 Å². The molecule has 0 unspecified atom stereocenters. The number of thiophene rings is 1. The van der Waals surface area contributed by atoms with Gasteiger partial charge >= 0.3 is 5.97 Å². The second kappa shape index (κ2) is 3.92. The van der Waals surface area contributed by atoms with Gasteiger partial charge in [0.1, 0.15) is 9.71 Å². The average Bonchev–Trinajstić information content (AvgIpc) is 2.92. The fourth-order valence-corrected chi connectivity index (χ4v) is 2.83. The van der Waals surface area contributed by atoms with Crippen LogP contribution in [0.2, 0.25) is 0 Å². The summed E-state index contributed by atoms with van der Waals surface area (Å²) in [7, 11) is 0. The van der Waals surface area contributed by atoms with E-state index < -0.39 is 5.97 Å². The molecule has 0 fully saturated rings. The SMILES string of the molecule is Cc1nn(-c2ccncc2)c2sc(C(=O)O)cc12. The van der Waals surface area contributed by atoms with Crippen LogP contribution in [-0.4, -0.2) is 25.8 Å². The first-order valence-electron chi connectivity index (χ1n) is 5.29. The van der Waals surface area contributed by atoms with Crippen molar-refractivity contribution in [3.8, 4) is 5.69 Å². The standard InChI is InChI=1S/C12H9N3O2S/c1-7-9-6-10(12(16)17)18-11(9)15(14-7)8-2-4-13-5-3-8/h2-6H,1H3,(H,16,17). The van der Waals surface area contributed by atoms with Gasteiger partial charge in [-0.25, -0.2) is 9.48 Å². The molecule has 0 aliphatic carbocycles. The summed E-state index contributed by atoms with van der Waals surface area (Å²) < 4.78 is 1.75. The number of carbonyl (C=O) groups is 1. The van der Waals surface area contributed by atoms with Gasteiger partial charge in [-0.3, -0.25) is 4.98 Å². The van der Waals surface area contributed by atoms with Gasteiger partial charge in [-0.05, 0) is 25.1 Å². The Balaban J connectivity index is 2.27. The van der Waals surface area contributed by atoms with E-state index in [0.29, 0.717) is 4.88 Å². The van der Waals surface area contributed by atoms with E-state index in [1.807, 2.05) is 19.1 Å². The highest BCUT2D eigenvalue weighted by molar-refractivity contribution is 7.20. The normalized spacial score (nSPS) is 10.9. The van der Waals surface area contributed by atoms with Gasteiger partial charge in [-0.15, -0.1) is 11.3 Å². The maximum Gasteiger partial charge on any atom is 0.345 e. The van der Waals surface area contributed by atoms with Crippen LogP contribution in [-0.2, 0) is 0 Å². The molecule has 3 heterocycles. The van der Waals surface area contributed by atoms with Crippen LogP contribution in [0.1, 0.15) is 15.4 Å². The van der Waals surface area contributed by atoms with Crippen molar-refractivity contribution in [2.24, 2.45) is 0 Å². The number of aromatic carboxylic acids is 1. The summed E-state index contributed by atoms with van der Waals surface area (Å²) in [6.07, 6.45) is 3.37. The van der Waals surface area contributed by atoms with Gasteiger partial charge in [0.25, 0.3) is 0 Å². The number of fused-ring (bicyclic) bond motifs is 1. The van der Waals surface area contributed by atoms with E-state index in [4.69, 9.17) is 5.11 Å². The van der Waals surface area contributed by atoms with Crippen molar-refractivity contribution in [2.75, 3.05) is 0 Å². The van der Waals surface area contributed by atoms with Gasteiger partial charge in [-0.2, -0.15) is 5.10 Å². The van der Waals surface area contributed by atoms with Crippen molar-refractivity contribution in [2.45, 2.75) is 6.92 Å². The quantitative estimate of drug-likeness (QED) is 0.767. The van der Waals surface area contributed by atoms with Crippen LogP contribution in [0.5, 0.6) is 0 Å². The largest absolute Gasteiger partial charge is 0.477 e. The van der Waals surface area contributed by atoms with E-state index in [9.17, 15) is 4.79 Å². The predicted molar refractivity (Wildman–Crippen MR) is 68.4 cm³/mol. The third-order valence-electron chi connectivity index (χ3n) is 2.66. The molecule has 0 bridgehead atoms. The second-order valence-corrected chi connectivity index (χ2v) is 4.87. The Morgan fingerprint density at radius 2 is 2.11 bits per heavy atom. The van der Waals surface area contributed by atoms with Crippen molar-refractivity contribution < 1.29 is 9.90 Å². The molecule has 0 saturated carbocycles. The zero-order valence-electron chi connectivity index (χ0n) is 9.49. The summed E-state index contributed by atoms with van der Waals surface area (Å²) in [6, 6.07) is 5.35. The summed E-state index contributed by atoms with van der Waals surface area (Å²) in [5.74, 6) is -0.906. The molecule has 90 valence electrons. The Hall–Kier alpha value is -2.21. The average molecular weight is 259 g/mol. The Labute approximate surface area is 106 Å². The molecule has 0 radical (unpaired) electrons. The van der Waals surface area contributed by atoms with E-state index in [1.54, 1.807) is 23.1 Å². The van der Waals surface area contributed by atoms with Crippen LogP contribution in [0.3, 0.4) is 0 Å². The summed E-state index contributed by atoms with van der Waals surface area (Å²) >= 11 is 1.23. The van der Waals surface area contributed by atoms with Gasteiger partial charge in [0, 0.05) is 17.8 Å². The molecule has 0 aliphatic rings. The first kappa shape index (κ1) is 10.9. The van der Waals surface area contributed by atoms with E-state index >= 15 is 0 Å². The van der Waals surface area contributed by atoms with Crippen molar-refractivity contribution in [1.82, 2.24) is 14.8 Å². The molecule has 18 heavy (non-hydrogen) atoms. The molecule has 3 aromatic heterocycles. The fourth-order valence-electron chi connectivity index (χ4n) is 1.81. The number of rotatable bonds is 2. The number of carboxylic acid groups (broad SMARTS) is 1. The number of hydrogen-bond acceptors (Lipinski definition) is 4. The summed E-state index contributed by atoms with van der Waals surface area (Å²) in [4.78, 5) is 16.1. The highest BCUT2D eigenvalue weighted by Crippen LogP contribution is 2.30. The molecule has 6 heteroatoms. The molecule has 3 aromatic rings. The van der Waals surface area contributed by atoms with Gasteiger partial charge in [0.15, 0.2) is 0 Å². The molecule has 0 amide bonds.